The summed E-state index contributed by atoms with van der Waals surface area (Å²) in [6, 6.07) is 11.0. The summed E-state index contributed by atoms with van der Waals surface area (Å²) in [5.74, 6) is 0.387. The molecule has 1 saturated heterocycles. The van der Waals surface area contributed by atoms with Crippen molar-refractivity contribution in [1.29, 1.82) is 5.26 Å². The zero-order chi connectivity index (χ0) is 30.1. The van der Waals surface area contributed by atoms with E-state index < -0.39 is 0 Å². The number of aryl methyl sites for hydroxylation is 2. The first-order chi connectivity index (χ1) is 20.1. The molecule has 4 aromatic rings. The van der Waals surface area contributed by atoms with Crippen LogP contribution in [0.4, 0.5) is 11.6 Å². The van der Waals surface area contributed by atoms with Crippen LogP contribution >= 0.6 is 23.5 Å². The fraction of sp³-hybridized carbons (Fsp3) is 0.333. The van der Waals surface area contributed by atoms with Gasteiger partial charge in [-0.2, -0.15) is 5.26 Å². The van der Waals surface area contributed by atoms with E-state index in [-0.39, 0.29) is 34.3 Å². The fourth-order valence-corrected chi connectivity index (χ4v) is 5.86. The molecule has 0 bridgehead atoms. The molecule has 12 heteroatoms. The van der Waals surface area contributed by atoms with Crippen molar-refractivity contribution in [3.63, 3.8) is 0 Å². The number of fused-ring (bicyclic) bond motifs is 1. The van der Waals surface area contributed by atoms with Crippen LogP contribution in [0, 0.1) is 25.2 Å². The van der Waals surface area contributed by atoms with Gasteiger partial charge in [-0.25, -0.2) is 9.97 Å². The van der Waals surface area contributed by atoms with Crippen LogP contribution in [-0.4, -0.2) is 44.8 Å². The smallest absolute Gasteiger partial charge is 0.281 e. The second kappa shape index (κ2) is 12.0. The third-order valence-corrected chi connectivity index (χ3v) is 8.21. The number of anilines is 2. The Bertz CT molecular complexity index is 1800. The molecular weight excluding hydrogens is 572 g/mol. The van der Waals surface area contributed by atoms with Gasteiger partial charge in [-0.3, -0.25) is 23.9 Å². The summed E-state index contributed by atoms with van der Waals surface area (Å²) in [6.07, 6.45) is 4.45. The molecule has 10 nitrogen and oxygen atoms in total. The normalized spacial score (nSPS) is 15.5. The average Bonchev–Trinajstić information content (AvgIpc) is 3.46. The summed E-state index contributed by atoms with van der Waals surface area (Å²) in [7, 11) is 1.75. The van der Waals surface area contributed by atoms with E-state index in [1.165, 1.54) is 11.9 Å². The van der Waals surface area contributed by atoms with E-state index in [1.54, 1.807) is 30.0 Å². The Labute approximate surface area is 253 Å². The van der Waals surface area contributed by atoms with Crippen molar-refractivity contribution < 1.29 is 4.79 Å². The quantitative estimate of drug-likeness (QED) is 0.221. The van der Waals surface area contributed by atoms with Gasteiger partial charge in [0.25, 0.3) is 11.5 Å². The minimum absolute atomic E-state index is 0.132. The van der Waals surface area contributed by atoms with E-state index in [2.05, 4.69) is 31.0 Å². The summed E-state index contributed by atoms with van der Waals surface area (Å²) in [6.45, 7) is 7.10. The van der Waals surface area contributed by atoms with Gasteiger partial charge in [0.1, 0.15) is 11.2 Å². The van der Waals surface area contributed by atoms with Gasteiger partial charge in [-0.1, -0.05) is 29.6 Å². The molecule has 2 unspecified atom stereocenters. The minimum Gasteiger partial charge on any atom is -0.377 e. The number of carbonyl (C=O) groups is 1. The van der Waals surface area contributed by atoms with Gasteiger partial charge in [0.15, 0.2) is 5.69 Å². The van der Waals surface area contributed by atoms with E-state index in [0.29, 0.717) is 46.9 Å². The number of nitrogens with zero attached hydrogens (tertiary/aromatic N) is 6. The van der Waals surface area contributed by atoms with Crippen molar-refractivity contribution >= 4 is 52.0 Å². The third kappa shape index (κ3) is 5.65. The fourth-order valence-electron chi connectivity index (χ4n) is 5.43. The standard InChI is InChI=1S/C30H31ClN8O2S/c1-16-10-22(18(3)34-24-6-7-25(31)35-27(24)28(40)37-42-5)26-23(11-16)29(41)38(4)30(36-26)39-9-8-19(15-39)21-12-20(13-32)17(2)33-14-21/h6-7,10-12,14,18-19,34H,8-9,15H2,1-5H3,(H,37,40). The largest absolute Gasteiger partial charge is 0.377 e. The topological polar surface area (TPSA) is 129 Å². The lowest BCUT2D eigenvalue weighted by atomic mass is 9.98. The molecule has 216 valence electrons. The third-order valence-electron chi connectivity index (χ3n) is 7.61. The maximum Gasteiger partial charge on any atom is 0.281 e. The molecule has 1 aliphatic rings. The van der Waals surface area contributed by atoms with E-state index in [0.717, 1.165) is 23.1 Å². The van der Waals surface area contributed by atoms with Crippen LogP contribution in [0.15, 0.2) is 41.3 Å². The van der Waals surface area contributed by atoms with Crippen LogP contribution in [0.2, 0.25) is 5.15 Å². The molecule has 4 heterocycles. The van der Waals surface area contributed by atoms with E-state index in [4.69, 9.17) is 16.6 Å². The summed E-state index contributed by atoms with van der Waals surface area (Å²) in [5, 5.41) is 13.6. The van der Waals surface area contributed by atoms with Gasteiger partial charge >= 0.3 is 0 Å². The number of amides is 1. The van der Waals surface area contributed by atoms with Crippen molar-refractivity contribution in [3.8, 4) is 6.07 Å². The molecule has 2 atom stereocenters. The van der Waals surface area contributed by atoms with Gasteiger partial charge in [-0.15, -0.1) is 0 Å². The van der Waals surface area contributed by atoms with Crippen LogP contribution in [0.1, 0.15) is 63.7 Å². The molecular formula is C30H31ClN8O2S. The van der Waals surface area contributed by atoms with Crippen LogP contribution in [0.5, 0.6) is 0 Å². The van der Waals surface area contributed by atoms with E-state index >= 15 is 0 Å². The van der Waals surface area contributed by atoms with Crippen molar-refractivity contribution in [1.82, 2.24) is 24.2 Å². The first-order valence-corrected chi connectivity index (χ1v) is 15.1. The van der Waals surface area contributed by atoms with Gasteiger partial charge in [0, 0.05) is 44.1 Å². The highest BCUT2D eigenvalue weighted by atomic mass is 35.5. The second-order valence-electron chi connectivity index (χ2n) is 10.5. The van der Waals surface area contributed by atoms with Crippen LogP contribution in [-0.2, 0) is 7.05 Å². The number of nitrogens with one attached hydrogen (secondary N) is 2. The molecule has 1 fully saturated rings. The number of hydrogen-bond donors (Lipinski definition) is 2. The summed E-state index contributed by atoms with van der Waals surface area (Å²) < 4.78 is 4.30. The van der Waals surface area contributed by atoms with Gasteiger partial charge in [0.2, 0.25) is 5.95 Å². The monoisotopic (exact) mass is 602 g/mol. The molecule has 42 heavy (non-hydrogen) atoms. The Hall–Kier alpha value is -4.14. The number of aromatic nitrogens is 4. The number of hydrogen-bond acceptors (Lipinski definition) is 9. The molecule has 0 spiro atoms. The molecule has 1 aliphatic heterocycles. The molecule has 5 rings (SSSR count). The SMILES string of the molecule is CSNC(=O)c1nc(Cl)ccc1NC(C)c1cc(C)cc2c(=O)n(C)c(N3CCC(c4cnc(C)c(C#N)c4)C3)nc12. The lowest BCUT2D eigenvalue weighted by molar-refractivity contribution is 0.0980. The van der Waals surface area contributed by atoms with Crippen molar-refractivity contribution in [2.75, 3.05) is 29.6 Å². The van der Waals surface area contributed by atoms with Crippen molar-refractivity contribution in [3.05, 3.63) is 85.7 Å². The van der Waals surface area contributed by atoms with Crippen molar-refractivity contribution in [2.45, 2.75) is 39.2 Å². The second-order valence-corrected chi connectivity index (χ2v) is 11.5. The Balaban J connectivity index is 1.52. The van der Waals surface area contributed by atoms with Crippen LogP contribution in [0.3, 0.4) is 0 Å². The predicted molar refractivity (Wildman–Crippen MR) is 167 cm³/mol. The maximum absolute atomic E-state index is 13.7. The molecule has 0 radical (unpaired) electrons. The molecule has 2 N–H and O–H groups in total. The van der Waals surface area contributed by atoms with E-state index in [9.17, 15) is 14.9 Å². The predicted octanol–water partition coefficient (Wildman–Crippen LogP) is 5.04. The highest BCUT2D eigenvalue weighted by Crippen LogP contribution is 2.33. The Kier molecular flexibility index (Phi) is 8.38. The number of halogens is 1. The molecule has 1 amide bonds. The highest BCUT2D eigenvalue weighted by molar-refractivity contribution is 7.97. The average molecular weight is 603 g/mol. The van der Waals surface area contributed by atoms with Crippen LogP contribution in [0.25, 0.3) is 10.9 Å². The lowest BCUT2D eigenvalue weighted by Gasteiger charge is -2.23. The highest BCUT2D eigenvalue weighted by Gasteiger charge is 2.28. The molecule has 1 aromatic carbocycles. The van der Waals surface area contributed by atoms with Crippen molar-refractivity contribution in [2.24, 2.45) is 7.05 Å². The Morgan fingerprint density at radius 1 is 1.24 bits per heavy atom. The number of pyridine rings is 2. The first kappa shape index (κ1) is 29.4. The number of benzene rings is 1. The van der Waals surface area contributed by atoms with Gasteiger partial charge in [-0.05, 0) is 62.6 Å². The summed E-state index contributed by atoms with van der Waals surface area (Å²) >= 11 is 7.28. The lowest BCUT2D eigenvalue weighted by Crippen LogP contribution is -2.30. The number of carbonyl (C=O) groups excluding carboxylic acids is 1. The van der Waals surface area contributed by atoms with Gasteiger partial charge < -0.3 is 10.2 Å². The zero-order valence-corrected chi connectivity index (χ0v) is 25.6. The molecule has 3 aromatic heterocycles. The number of nitriles is 1. The number of rotatable bonds is 7. The maximum atomic E-state index is 13.7. The minimum atomic E-state index is -0.364. The zero-order valence-electron chi connectivity index (χ0n) is 24.0. The Morgan fingerprint density at radius 2 is 2.02 bits per heavy atom. The molecule has 0 aliphatic carbocycles. The van der Waals surface area contributed by atoms with E-state index in [1.807, 2.05) is 45.2 Å². The summed E-state index contributed by atoms with van der Waals surface area (Å²) in [4.78, 5) is 42.2. The van der Waals surface area contributed by atoms with Crippen LogP contribution < -0.4 is 20.5 Å². The summed E-state index contributed by atoms with van der Waals surface area (Å²) in [5.41, 5.74) is 5.22. The molecule has 0 saturated carbocycles. The Morgan fingerprint density at radius 3 is 2.76 bits per heavy atom. The first-order valence-electron chi connectivity index (χ1n) is 13.5. The van der Waals surface area contributed by atoms with Gasteiger partial charge in [0.05, 0.1) is 33.9 Å².